The van der Waals surface area contributed by atoms with Crippen molar-refractivity contribution in [2.45, 2.75) is 35.5 Å². The van der Waals surface area contributed by atoms with E-state index >= 15 is 0 Å². The van der Waals surface area contributed by atoms with Gasteiger partial charge in [0.25, 0.3) is 0 Å². The van der Waals surface area contributed by atoms with Crippen molar-refractivity contribution < 1.29 is 97.7 Å². The average Bonchev–Trinajstić information content (AvgIpc) is 3.09. The number of benzene rings is 6. The van der Waals surface area contributed by atoms with Gasteiger partial charge in [0, 0.05) is 5.39 Å². The molecule has 0 atom stereocenters. The molecule has 0 amide bonds. The van der Waals surface area contributed by atoms with Gasteiger partial charge >= 0.3 is 69.2 Å². The second-order valence-corrected chi connectivity index (χ2v) is 16.2. The van der Waals surface area contributed by atoms with Crippen LogP contribution in [-0.4, -0.2) is 34.4 Å². The Bertz CT molecular complexity index is 2820. The maximum absolute atomic E-state index is 12.6. The maximum Gasteiger partial charge on any atom is 1.00 e. The summed E-state index contributed by atoms with van der Waals surface area (Å²) in [6, 6.07) is 29.5. The number of hydrogen-bond donors (Lipinski definition) is 0. The quantitative estimate of drug-likeness (QED) is 0.0861. The monoisotopic (exact) mass is 814 g/mol. The van der Waals surface area contributed by atoms with E-state index in [2.05, 4.69) is 20.5 Å². The molecule has 0 aromatic heterocycles. The minimum atomic E-state index is -5.19. The first-order chi connectivity index (χ1) is 25.0. The molecule has 0 aliphatic heterocycles. The summed E-state index contributed by atoms with van der Waals surface area (Å²) < 4.78 is 101. The Morgan fingerprint density at radius 2 is 1.09 bits per heavy atom. The molecule has 0 unspecified atom stereocenters. The largest absolute Gasteiger partial charge is 1.00 e. The molecule has 0 saturated carbocycles. The maximum atomic E-state index is 12.6. The molecule has 55 heavy (non-hydrogen) atoms. The second-order valence-electron chi connectivity index (χ2n) is 12.0. The zero-order chi connectivity index (χ0) is 38.1. The molecule has 0 fully saturated rings. The number of rotatable bonds is 10. The molecule has 18 heteroatoms. The van der Waals surface area contributed by atoms with Gasteiger partial charge in [-0.3, -0.25) is 0 Å². The van der Waals surface area contributed by atoms with Crippen molar-refractivity contribution in [3.63, 3.8) is 0 Å². The van der Waals surface area contributed by atoms with Crippen molar-refractivity contribution in [2.24, 2.45) is 20.5 Å². The molecular weight excluding hydrogens is 787 g/mol. The zero-order valence-corrected chi connectivity index (χ0v) is 36.6. The van der Waals surface area contributed by atoms with Crippen LogP contribution in [0.3, 0.4) is 0 Å². The molecule has 6 aromatic rings. The van der Waals surface area contributed by atoms with Gasteiger partial charge in [-0.2, -0.15) is 23.8 Å². The van der Waals surface area contributed by atoms with Crippen molar-refractivity contribution in [3.8, 4) is 16.9 Å². The standard InChI is InChI=1S/C37H30N4O9S3.2Na/c1-23-6-4-8-31(18-23)53(48,49)50-30-14-12-29(13-15-30)38-39-33-16-10-26(19-24(33)2)27-11-17-34(25(3)20-27)40-41-35-9-5-7-28-21-32(51(42,43)44)22-36(37(28)35)52(45,46)47;;/h4-22H,1-3H3,(H,42,43,44)(H,45,46,47);;/q;2*+1/p-2. The van der Waals surface area contributed by atoms with Gasteiger partial charge in [-0.05, 0) is 133 Å². The Kier molecular flexibility index (Phi) is 14.1. The van der Waals surface area contributed by atoms with E-state index in [9.17, 15) is 34.4 Å². The van der Waals surface area contributed by atoms with Gasteiger partial charge in [0.2, 0.25) is 0 Å². The Labute approximate surface area is 362 Å². The molecule has 0 spiro atoms. The van der Waals surface area contributed by atoms with Crippen LogP contribution in [0.1, 0.15) is 16.7 Å². The summed E-state index contributed by atoms with van der Waals surface area (Å²) in [7, 11) is -14.2. The fourth-order valence-corrected chi connectivity index (χ4v) is 7.78. The van der Waals surface area contributed by atoms with Gasteiger partial charge in [-0.15, -0.1) is 5.11 Å². The van der Waals surface area contributed by atoms with E-state index < -0.39 is 40.1 Å². The van der Waals surface area contributed by atoms with Crippen LogP contribution in [0, 0.1) is 20.8 Å². The first-order valence-corrected chi connectivity index (χ1v) is 19.9. The summed E-state index contributed by atoms with van der Waals surface area (Å²) in [6.07, 6.45) is 0. The van der Waals surface area contributed by atoms with Gasteiger partial charge < -0.3 is 13.3 Å². The van der Waals surface area contributed by atoms with Crippen LogP contribution < -0.4 is 63.3 Å². The molecule has 0 heterocycles. The van der Waals surface area contributed by atoms with E-state index in [-0.39, 0.29) is 86.2 Å². The summed E-state index contributed by atoms with van der Waals surface area (Å²) in [4.78, 5) is -1.68. The number of fused-ring (bicyclic) bond motifs is 1. The third-order valence-electron chi connectivity index (χ3n) is 8.04. The third kappa shape index (κ3) is 10.6. The minimum Gasteiger partial charge on any atom is -0.744 e. The van der Waals surface area contributed by atoms with Crippen LogP contribution in [0.15, 0.2) is 150 Å². The van der Waals surface area contributed by atoms with Gasteiger partial charge in [0.15, 0.2) is 0 Å². The van der Waals surface area contributed by atoms with E-state index in [4.69, 9.17) is 4.18 Å². The zero-order valence-electron chi connectivity index (χ0n) is 30.2. The molecule has 13 nitrogen and oxygen atoms in total. The van der Waals surface area contributed by atoms with Crippen molar-refractivity contribution in [1.82, 2.24) is 0 Å². The summed E-state index contributed by atoms with van der Waals surface area (Å²) in [5.74, 6) is 0.140. The second kappa shape index (κ2) is 17.7. The summed E-state index contributed by atoms with van der Waals surface area (Å²) in [5.41, 5.74) is 5.65. The Morgan fingerprint density at radius 1 is 0.527 bits per heavy atom. The van der Waals surface area contributed by atoms with Gasteiger partial charge in [0.05, 0.1) is 32.5 Å². The Balaban J connectivity index is 0.00000336. The molecule has 6 rings (SSSR count). The molecule has 0 aliphatic rings. The first-order valence-electron chi connectivity index (χ1n) is 15.6. The van der Waals surface area contributed by atoms with Crippen LogP contribution in [0.2, 0.25) is 0 Å². The van der Waals surface area contributed by atoms with Crippen molar-refractivity contribution in [2.75, 3.05) is 0 Å². The van der Waals surface area contributed by atoms with Crippen molar-refractivity contribution in [1.29, 1.82) is 0 Å². The minimum absolute atomic E-state index is 0. The average molecular weight is 815 g/mol. The first kappa shape index (κ1) is 44.1. The summed E-state index contributed by atoms with van der Waals surface area (Å²) in [5, 5.41) is 16.9. The van der Waals surface area contributed by atoms with E-state index in [1.807, 2.05) is 44.2 Å². The normalized spacial score (nSPS) is 12.1. The molecular formula is C37H28N4Na2O9S3. The molecule has 0 radical (unpaired) electrons. The van der Waals surface area contributed by atoms with Gasteiger partial charge in [-0.25, -0.2) is 16.8 Å². The van der Waals surface area contributed by atoms with E-state index in [0.29, 0.717) is 23.1 Å². The smallest absolute Gasteiger partial charge is 0.744 e. The number of hydrogen-bond acceptors (Lipinski definition) is 13. The van der Waals surface area contributed by atoms with Crippen LogP contribution in [-0.2, 0) is 30.4 Å². The van der Waals surface area contributed by atoms with Crippen LogP contribution in [0.25, 0.3) is 21.9 Å². The van der Waals surface area contributed by atoms with E-state index in [1.54, 1.807) is 37.3 Å². The predicted octanol–water partition coefficient (Wildman–Crippen LogP) is 2.85. The van der Waals surface area contributed by atoms with E-state index in [1.165, 1.54) is 42.5 Å². The van der Waals surface area contributed by atoms with Gasteiger partial charge in [0.1, 0.15) is 30.9 Å². The van der Waals surface area contributed by atoms with Crippen molar-refractivity contribution >= 4 is 63.9 Å². The SMILES string of the molecule is Cc1cccc(S(=O)(=O)Oc2ccc(N=Nc3ccc(-c4ccc(N=Nc5cccc6cc(S(=O)(=O)[O-])cc(S(=O)(=O)[O-])c56)c(C)c4)cc3C)cc2)c1.[Na+].[Na+]. The Hall–Kier alpha value is -3.65. The molecule has 0 saturated heterocycles. The van der Waals surface area contributed by atoms with Crippen LogP contribution >= 0.6 is 0 Å². The van der Waals surface area contributed by atoms with Crippen LogP contribution in [0.4, 0.5) is 22.7 Å². The van der Waals surface area contributed by atoms with Crippen LogP contribution in [0.5, 0.6) is 5.75 Å². The molecule has 0 bridgehead atoms. The summed E-state index contributed by atoms with van der Waals surface area (Å²) >= 11 is 0. The number of azo groups is 2. The molecule has 270 valence electrons. The molecule has 6 aromatic carbocycles. The van der Waals surface area contributed by atoms with Gasteiger partial charge in [-0.1, -0.05) is 36.4 Å². The number of aryl methyl sites for hydroxylation is 3. The van der Waals surface area contributed by atoms with Crippen molar-refractivity contribution in [3.05, 3.63) is 132 Å². The molecule has 0 N–H and O–H groups in total. The fourth-order valence-electron chi connectivity index (χ4n) is 5.40. The Morgan fingerprint density at radius 3 is 1.64 bits per heavy atom. The van der Waals surface area contributed by atoms with E-state index in [0.717, 1.165) is 33.9 Å². The third-order valence-corrected chi connectivity index (χ3v) is 11.0. The predicted molar refractivity (Wildman–Crippen MR) is 195 cm³/mol. The number of nitrogens with zero attached hydrogens (tertiary/aromatic N) is 4. The topological polar surface area (TPSA) is 207 Å². The molecule has 0 aliphatic carbocycles. The fraction of sp³-hybridized carbons (Fsp3) is 0.0811. The summed E-state index contributed by atoms with van der Waals surface area (Å²) in [6.45, 7) is 5.49.